The fourth-order valence-corrected chi connectivity index (χ4v) is 1.67. The Morgan fingerprint density at radius 2 is 2.15 bits per heavy atom. The molecule has 0 saturated carbocycles. The smallest absolute Gasteiger partial charge is 0.342 e. The standard InChI is InChI=1S/C13H19Cl2N3O2/c1-13(2,3)20-12(19)9-7-17-18(4)10(9)8-16-6-5-11(14)15/h5,7,16H,6,8H2,1-4H3. The van der Waals surface area contributed by atoms with Gasteiger partial charge in [0.1, 0.15) is 15.7 Å². The van der Waals surface area contributed by atoms with Crippen LogP contribution in [0.4, 0.5) is 0 Å². The third kappa shape index (κ3) is 5.53. The maximum Gasteiger partial charge on any atom is 0.342 e. The second kappa shape index (κ2) is 7.11. The highest BCUT2D eigenvalue weighted by molar-refractivity contribution is 6.55. The Hall–Kier alpha value is -1.04. The molecule has 0 aromatic carbocycles. The third-order valence-electron chi connectivity index (χ3n) is 2.37. The summed E-state index contributed by atoms with van der Waals surface area (Å²) in [6, 6.07) is 0. The number of hydrogen-bond acceptors (Lipinski definition) is 4. The van der Waals surface area contributed by atoms with Crippen LogP contribution in [0.5, 0.6) is 0 Å². The third-order valence-corrected chi connectivity index (χ3v) is 2.68. The summed E-state index contributed by atoms with van der Waals surface area (Å²) in [4.78, 5) is 12.1. The number of nitrogens with one attached hydrogen (secondary N) is 1. The minimum Gasteiger partial charge on any atom is -0.456 e. The molecule has 5 nitrogen and oxygen atoms in total. The van der Waals surface area contributed by atoms with Crippen LogP contribution >= 0.6 is 23.2 Å². The predicted molar refractivity (Wildman–Crippen MR) is 79.9 cm³/mol. The number of nitrogens with zero attached hydrogens (tertiary/aromatic N) is 2. The van der Waals surface area contributed by atoms with Crippen molar-refractivity contribution >= 4 is 29.2 Å². The topological polar surface area (TPSA) is 56.2 Å². The van der Waals surface area contributed by atoms with Gasteiger partial charge in [0.05, 0.1) is 11.9 Å². The molecule has 0 spiro atoms. The van der Waals surface area contributed by atoms with Gasteiger partial charge in [0.2, 0.25) is 0 Å². The first kappa shape index (κ1) is 17.0. The zero-order valence-corrected chi connectivity index (χ0v) is 13.5. The van der Waals surface area contributed by atoms with Crippen LogP contribution in [0.3, 0.4) is 0 Å². The first-order valence-corrected chi connectivity index (χ1v) is 6.92. The summed E-state index contributed by atoms with van der Waals surface area (Å²) in [5.41, 5.74) is 0.668. The van der Waals surface area contributed by atoms with Crippen LogP contribution < -0.4 is 5.32 Å². The second-order valence-electron chi connectivity index (χ2n) is 5.26. The van der Waals surface area contributed by atoms with Crippen molar-refractivity contribution in [1.29, 1.82) is 0 Å². The van der Waals surface area contributed by atoms with E-state index in [9.17, 15) is 4.79 Å². The number of halogens is 2. The molecule has 0 saturated heterocycles. The van der Waals surface area contributed by atoms with Gasteiger partial charge in [-0.05, 0) is 26.8 Å². The van der Waals surface area contributed by atoms with Crippen LogP contribution in [-0.4, -0.2) is 27.9 Å². The van der Waals surface area contributed by atoms with Gasteiger partial charge in [0.25, 0.3) is 0 Å². The summed E-state index contributed by atoms with van der Waals surface area (Å²) in [5, 5.41) is 7.19. The van der Waals surface area contributed by atoms with Gasteiger partial charge in [-0.15, -0.1) is 0 Å². The van der Waals surface area contributed by atoms with Crippen LogP contribution in [0.25, 0.3) is 0 Å². The molecule has 0 atom stereocenters. The molecule has 1 N–H and O–H groups in total. The number of esters is 1. The Morgan fingerprint density at radius 3 is 2.70 bits per heavy atom. The van der Waals surface area contributed by atoms with Crippen LogP contribution in [0.1, 0.15) is 36.8 Å². The average Bonchev–Trinajstić information content (AvgIpc) is 2.64. The molecule has 1 aromatic heterocycles. The number of rotatable bonds is 5. The van der Waals surface area contributed by atoms with E-state index in [4.69, 9.17) is 27.9 Å². The van der Waals surface area contributed by atoms with Crippen molar-refractivity contribution in [1.82, 2.24) is 15.1 Å². The lowest BCUT2D eigenvalue weighted by Gasteiger charge is -2.19. The first-order chi connectivity index (χ1) is 9.20. The Labute approximate surface area is 128 Å². The van der Waals surface area contributed by atoms with Crippen molar-refractivity contribution in [2.45, 2.75) is 32.9 Å². The number of ether oxygens (including phenoxy) is 1. The van der Waals surface area contributed by atoms with Crippen molar-refractivity contribution in [2.24, 2.45) is 7.05 Å². The highest BCUT2D eigenvalue weighted by atomic mass is 35.5. The molecule has 0 amide bonds. The summed E-state index contributed by atoms with van der Waals surface area (Å²) in [7, 11) is 1.77. The molecule has 1 aromatic rings. The molecular weight excluding hydrogens is 301 g/mol. The van der Waals surface area contributed by atoms with Crippen molar-refractivity contribution in [3.05, 3.63) is 28.0 Å². The van der Waals surface area contributed by atoms with Crippen molar-refractivity contribution in [3.63, 3.8) is 0 Å². The summed E-state index contributed by atoms with van der Waals surface area (Å²) in [6.45, 7) is 6.44. The minimum absolute atomic E-state index is 0.204. The van der Waals surface area contributed by atoms with Crippen LogP contribution in [0, 0.1) is 0 Å². The van der Waals surface area contributed by atoms with Gasteiger partial charge < -0.3 is 10.1 Å². The van der Waals surface area contributed by atoms with Gasteiger partial charge in [-0.25, -0.2) is 4.79 Å². The Bertz CT molecular complexity index is 500. The molecule has 1 heterocycles. The average molecular weight is 320 g/mol. The zero-order chi connectivity index (χ0) is 15.3. The second-order valence-corrected chi connectivity index (χ2v) is 6.26. The van der Waals surface area contributed by atoms with Gasteiger partial charge in [0, 0.05) is 20.1 Å². The largest absolute Gasteiger partial charge is 0.456 e. The molecule has 112 valence electrons. The molecule has 0 aliphatic heterocycles. The number of carbonyl (C=O) groups is 1. The van der Waals surface area contributed by atoms with Crippen LogP contribution in [-0.2, 0) is 18.3 Å². The van der Waals surface area contributed by atoms with Crippen molar-refractivity contribution in [3.8, 4) is 0 Å². The molecule has 0 bridgehead atoms. The molecular formula is C13H19Cl2N3O2. The highest BCUT2D eigenvalue weighted by Crippen LogP contribution is 2.15. The maximum absolute atomic E-state index is 12.1. The quantitative estimate of drug-likeness (QED) is 0.669. The summed E-state index contributed by atoms with van der Waals surface area (Å²) >= 11 is 11.0. The van der Waals surface area contributed by atoms with Crippen LogP contribution in [0.2, 0.25) is 0 Å². The summed E-state index contributed by atoms with van der Waals surface area (Å²) in [6.07, 6.45) is 3.14. The summed E-state index contributed by atoms with van der Waals surface area (Å²) in [5.74, 6) is -0.381. The van der Waals surface area contributed by atoms with Crippen molar-refractivity contribution in [2.75, 3.05) is 6.54 Å². The molecule has 0 aliphatic rings. The molecule has 1 rings (SSSR count). The highest BCUT2D eigenvalue weighted by Gasteiger charge is 2.22. The SMILES string of the molecule is Cn1ncc(C(=O)OC(C)(C)C)c1CNCC=C(Cl)Cl. The van der Waals surface area contributed by atoms with Crippen molar-refractivity contribution < 1.29 is 9.53 Å². The zero-order valence-electron chi connectivity index (χ0n) is 12.0. The molecule has 0 unspecified atom stereocenters. The lowest BCUT2D eigenvalue weighted by Crippen LogP contribution is -2.25. The fourth-order valence-electron chi connectivity index (χ4n) is 1.52. The van der Waals surface area contributed by atoms with E-state index in [1.807, 2.05) is 20.8 Å². The number of aryl methyl sites for hydroxylation is 1. The van der Waals surface area contributed by atoms with E-state index in [2.05, 4.69) is 10.4 Å². The molecule has 20 heavy (non-hydrogen) atoms. The van der Waals surface area contributed by atoms with Gasteiger partial charge >= 0.3 is 5.97 Å². The molecule has 0 fully saturated rings. The van der Waals surface area contributed by atoms with E-state index >= 15 is 0 Å². The lowest BCUT2D eigenvalue weighted by atomic mass is 10.2. The lowest BCUT2D eigenvalue weighted by molar-refractivity contribution is 0.00680. The monoisotopic (exact) mass is 319 g/mol. The number of hydrogen-bond donors (Lipinski definition) is 1. The van der Waals surface area contributed by atoms with E-state index in [1.54, 1.807) is 17.8 Å². The normalized spacial score (nSPS) is 11.3. The van der Waals surface area contributed by atoms with E-state index in [0.29, 0.717) is 18.7 Å². The van der Waals surface area contributed by atoms with Gasteiger partial charge in [-0.2, -0.15) is 5.10 Å². The number of aromatic nitrogens is 2. The number of carbonyl (C=O) groups excluding carboxylic acids is 1. The Morgan fingerprint density at radius 1 is 1.50 bits per heavy atom. The van der Waals surface area contributed by atoms with Gasteiger partial charge in [-0.1, -0.05) is 23.2 Å². The first-order valence-electron chi connectivity index (χ1n) is 6.17. The Kier molecular flexibility index (Phi) is 6.05. The maximum atomic E-state index is 12.1. The van der Waals surface area contributed by atoms with E-state index < -0.39 is 5.60 Å². The van der Waals surface area contributed by atoms with Gasteiger partial charge in [0.15, 0.2) is 0 Å². The summed E-state index contributed by atoms with van der Waals surface area (Å²) < 4.78 is 7.19. The van der Waals surface area contributed by atoms with Gasteiger partial charge in [-0.3, -0.25) is 4.68 Å². The minimum atomic E-state index is -0.535. The van der Waals surface area contributed by atoms with Crippen LogP contribution in [0.15, 0.2) is 16.8 Å². The molecule has 0 aliphatic carbocycles. The van der Waals surface area contributed by atoms with E-state index in [0.717, 1.165) is 5.69 Å². The molecule has 0 radical (unpaired) electrons. The molecule has 7 heteroatoms. The van der Waals surface area contributed by atoms with E-state index in [1.165, 1.54) is 6.20 Å². The Balaban J connectivity index is 2.74. The van der Waals surface area contributed by atoms with E-state index in [-0.39, 0.29) is 10.5 Å². The predicted octanol–water partition coefficient (Wildman–Crippen LogP) is 2.78. The fraction of sp³-hybridized carbons (Fsp3) is 0.538.